The van der Waals surface area contributed by atoms with E-state index in [0.29, 0.717) is 12.7 Å². The van der Waals surface area contributed by atoms with Gasteiger partial charge in [-0.05, 0) is 31.1 Å². The second-order valence-electron chi connectivity index (χ2n) is 5.08. The first-order valence-corrected chi connectivity index (χ1v) is 7.54. The zero-order chi connectivity index (χ0) is 14.6. The van der Waals surface area contributed by atoms with Crippen LogP contribution in [0.5, 0.6) is 0 Å². The van der Waals surface area contributed by atoms with E-state index in [1.807, 2.05) is 26.0 Å². The molecule has 0 atom stereocenters. The van der Waals surface area contributed by atoms with Gasteiger partial charge in [0.2, 0.25) is 6.73 Å². The van der Waals surface area contributed by atoms with Crippen LogP contribution < -0.4 is 16.9 Å². The Morgan fingerprint density at radius 1 is 1.50 bits per heavy atom. The van der Waals surface area contributed by atoms with Crippen LogP contribution in [-0.4, -0.2) is 30.0 Å². The molecule has 20 heavy (non-hydrogen) atoms. The number of nitrogens with zero attached hydrogens (tertiary/aromatic N) is 2. The van der Waals surface area contributed by atoms with E-state index in [4.69, 9.17) is 20.7 Å². The van der Waals surface area contributed by atoms with Crippen LogP contribution in [-0.2, 0) is 16.1 Å². The molecule has 8 heteroatoms. The Bertz CT molecular complexity index is 469. The maximum absolute atomic E-state index is 5.98. The summed E-state index contributed by atoms with van der Waals surface area (Å²) in [5.41, 5.74) is 14.3. The monoisotopic (exact) mass is 299 g/mol. The molecule has 0 radical (unpaired) electrons. The summed E-state index contributed by atoms with van der Waals surface area (Å²) in [5, 5.41) is 5.28. The fourth-order valence-electron chi connectivity index (χ4n) is 1.62. The molecule has 2 rings (SSSR count). The molecule has 0 fully saturated rings. The van der Waals surface area contributed by atoms with Crippen LogP contribution in [0.4, 0.5) is 0 Å². The van der Waals surface area contributed by atoms with E-state index in [1.54, 1.807) is 16.8 Å². The molecule has 1 aliphatic rings. The van der Waals surface area contributed by atoms with Gasteiger partial charge in [0, 0.05) is 12.3 Å². The van der Waals surface area contributed by atoms with Crippen LogP contribution >= 0.6 is 11.8 Å². The smallest absolute Gasteiger partial charge is 0.251 e. The van der Waals surface area contributed by atoms with Crippen LogP contribution in [0.15, 0.2) is 21.7 Å². The summed E-state index contributed by atoms with van der Waals surface area (Å²) in [6.45, 7) is 4.98. The van der Waals surface area contributed by atoms with Crippen molar-refractivity contribution in [1.29, 1.82) is 0 Å². The molecule has 1 aromatic heterocycles. The number of furan rings is 1. The first-order chi connectivity index (χ1) is 9.47. The van der Waals surface area contributed by atoms with Gasteiger partial charge < -0.3 is 20.7 Å². The Balaban J connectivity index is 1.64. The number of nitrogens with two attached hydrogens (primary N) is 2. The quantitative estimate of drug-likeness (QED) is 0.638. The molecule has 0 bridgehead atoms. The van der Waals surface area contributed by atoms with Gasteiger partial charge in [-0.1, -0.05) is 0 Å². The summed E-state index contributed by atoms with van der Waals surface area (Å²) < 4.78 is 5.71. The van der Waals surface area contributed by atoms with E-state index in [2.05, 4.69) is 10.6 Å². The summed E-state index contributed by atoms with van der Waals surface area (Å²) in [5.74, 6) is 3.85. The number of thioether (sulfide) groups is 1. The molecular formula is C12H21N5O2S. The average Bonchev–Trinajstić information content (AvgIpc) is 2.98. The molecule has 1 aromatic rings. The molecule has 0 aromatic carbocycles. The summed E-state index contributed by atoms with van der Waals surface area (Å²) in [7, 11) is 0. The predicted molar refractivity (Wildman–Crippen MR) is 79.5 cm³/mol. The molecule has 0 saturated carbocycles. The van der Waals surface area contributed by atoms with Crippen molar-refractivity contribution in [2.75, 3.05) is 19.0 Å². The highest BCUT2D eigenvalue weighted by Gasteiger charge is 2.18. The summed E-state index contributed by atoms with van der Waals surface area (Å²) in [6.07, 6.45) is 0. The molecule has 1 aliphatic heterocycles. The van der Waals surface area contributed by atoms with Crippen LogP contribution in [0, 0.1) is 0 Å². The number of hydrogen-bond acceptors (Lipinski definition) is 8. The molecule has 7 nitrogen and oxygen atoms in total. The van der Waals surface area contributed by atoms with E-state index in [0.717, 1.165) is 29.6 Å². The van der Waals surface area contributed by atoms with Gasteiger partial charge in [0.25, 0.3) is 5.96 Å². The topological polar surface area (TPSA) is 102 Å². The Kier molecular flexibility index (Phi) is 4.79. The fourth-order valence-corrected chi connectivity index (χ4v) is 2.36. The third-order valence-electron chi connectivity index (χ3n) is 2.71. The standard InChI is InChI=1S/C12H21N5O2S/c1-12(2,14)10-4-3-9(19-10)7-20-6-5-15-17-8-18-16-11(17)13/h3-4,15H,5-8,14H2,1-2H3,(H2,13,16). The first-order valence-electron chi connectivity index (χ1n) is 6.39. The lowest BCUT2D eigenvalue weighted by atomic mass is 10.0. The number of rotatable bonds is 7. The fraction of sp³-hybridized carbons (Fsp3) is 0.583. The Morgan fingerprint density at radius 2 is 2.30 bits per heavy atom. The summed E-state index contributed by atoms with van der Waals surface area (Å²) in [6, 6.07) is 3.91. The summed E-state index contributed by atoms with van der Waals surface area (Å²) in [4.78, 5) is 4.82. The normalized spacial score (nSPS) is 15.3. The van der Waals surface area contributed by atoms with Gasteiger partial charge in [-0.3, -0.25) is 0 Å². The predicted octanol–water partition coefficient (Wildman–Crippen LogP) is 0.731. The third-order valence-corrected chi connectivity index (χ3v) is 3.69. The van der Waals surface area contributed by atoms with Crippen molar-refractivity contribution in [2.24, 2.45) is 16.6 Å². The van der Waals surface area contributed by atoms with Gasteiger partial charge in [-0.15, -0.1) is 0 Å². The van der Waals surface area contributed by atoms with E-state index < -0.39 is 5.54 Å². The Hall–Kier alpha value is -1.38. The van der Waals surface area contributed by atoms with Gasteiger partial charge in [0.1, 0.15) is 11.5 Å². The maximum atomic E-state index is 5.98. The van der Waals surface area contributed by atoms with E-state index >= 15 is 0 Å². The van der Waals surface area contributed by atoms with Crippen molar-refractivity contribution in [3.63, 3.8) is 0 Å². The molecule has 0 spiro atoms. The molecule has 2 heterocycles. The minimum atomic E-state index is -0.433. The SMILES string of the molecule is CC(C)(N)c1ccc(CSCCNN2CON=C2N)o1. The van der Waals surface area contributed by atoms with Crippen molar-refractivity contribution < 1.29 is 9.25 Å². The Morgan fingerprint density at radius 3 is 2.90 bits per heavy atom. The van der Waals surface area contributed by atoms with E-state index in [-0.39, 0.29) is 0 Å². The van der Waals surface area contributed by atoms with Crippen LogP contribution in [0.3, 0.4) is 0 Å². The number of guanidine groups is 1. The molecule has 0 saturated heterocycles. The first kappa shape index (κ1) is 15.0. The van der Waals surface area contributed by atoms with Crippen LogP contribution in [0.2, 0.25) is 0 Å². The van der Waals surface area contributed by atoms with Gasteiger partial charge in [0.05, 0.1) is 11.3 Å². The number of hydrazine groups is 1. The van der Waals surface area contributed by atoms with Crippen LogP contribution in [0.25, 0.3) is 0 Å². The molecule has 0 aliphatic carbocycles. The van der Waals surface area contributed by atoms with Gasteiger partial charge in [-0.25, -0.2) is 10.4 Å². The number of hydrogen-bond donors (Lipinski definition) is 3. The van der Waals surface area contributed by atoms with Crippen molar-refractivity contribution in [3.8, 4) is 0 Å². The van der Waals surface area contributed by atoms with Crippen molar-refractivity contribution in [3.05, 3.63) is 23.7 Å². The highest BCUT2D eigenvalue weighted by atomic mass is 32.2. The highest BCUT2D eigenvalue weighted by molar-refractivity contribution is 7.98. The second kappa shape index (κ2) is 6.38. The zero-order valence-corrected chi connectivity index (χ0v) is 12.6. The summed E-state index contributed by atoms with van der Waals surface area (Å²) >= 11 is 1.77. The van der Waals surface area contributed by atoms with Gasteiger partial charge in [0.15, 0.2) is 0 Å². The molecule has 5 N–H and O–H groups in total. The maximum Gasteiger partial charge on any atom is 0.251 e. The molecule has 0 amide bonds. The van der Waals surface area contributed by atoms with Crippen molar-refractivity contribution >= 4 is 17.7 Å². The molecular weight excluding hydrogens is 278 g/mol. The largest absolute Gasteiger partial charge is 0.463 e. The minimum absolute atomic E-state index is 0.351. The van der Waals surface area contributed by atoms with E-state index in [9.17, 15) is 0 Å². The third kappa shape index (κ3) is 4.06. The lowest BCUT2D eigenvalue weighted by molar-refractivity contribution is 0.0882. The average molecular weight is 299 g/mol. The lowest BCUT2D eigenvalue weighted by Gasteiger charge is -2.15. The van der Waals surface area contributed by atoms with Gasteiger partial charge in [-0.2, -0.15) is 11.8 Å². The van der Waals surface area contributed by atoms with Crippen molar-refractivity contribution in [1.82, 2.24) is 10.4 Å². The van der Waals surface area contributed by atoms with E-state index in [1.165, 1.54) is 0 Å². The zero-order valence-electron chi connectivity index (χ0n) is 11.8. The Labute approximate surface area is 122 Å². The lowest BCUT2D eigenvalue weighted by Crippen LogP contribution is -2.45. The van der Waals surface area contributed by atoms with Crippen LogP contribution in [0.1, 0.15) is 25.4 Å². The highest BCUT2D eigenvalue weighted by Crippen LogP contribution is 2.22. The number of oxime groups is 1. The molecule has 0 unspecified atom stereocenters. The van der Waals surface area contributed by atoms with Gasteiger partial charge >= 0.3 is 0 Å². The molecule has 112 valence electrons. The number of nitrogens with one attached hydrogen (secondary N) is 1. The second-order valence-corrected chi connectivity index (χ2v) is 6.19. The minimum Gasteiger partial charge on any atom is -0.463 e. The van der Waals surface area contributed by atoms with Crippen molar-refractivity contribution in [2.45, 2.75) is 25.1 Å².